The van der Waals surface area contributed by atoms with Gasteiger partial charge in [0.1, 0.15) is 0 Å². The zero-order valence-corrected chi connectivity index (χ0v) is 11.3. The Morgan fingerprint density at radius 2 is 2.06 bits per heavy atom. The van der Waals surface area contributed by atoms with Gasteiger partial charge in [0.05, 0.1) is 5.56 Å². The molecule has 0 radical (unpaired) electrons. The number of nitrogens with two attached hydrogens (primary N) is 1. The van der Waals surface area contributed by atoms with Crippen molar-refractivity contribution in [2.75, 3.05) is 24.5 Å². The maximum absolute atomic E-state index is 12.7. The first-order chi connectivity index (χ1) is 8.40. The lowest BCUT2D eigenvalue weighted by atomic mass is 10.1. The van der Waals surface area contributed by atoms with Gasteiger partial charge in [-0.3, -0.25) is 0 Å². The van der Waals surface area contributed by atoms with Gasteiger partial charge in [-0.05, 0) is 37.1 Å². The van der Waals surface area contributed by atoms with Crippen LogP contribution in [-0.2, 0) is 6.18 Å². The number of hydrogen-bond donors (Lipinski definition) is 1. The van der Waals surface area contributed by atoms with Gasteiger partial charge in [-0.2, -0.15) is 13.2 Å². The van der Waals surface area contributed by atoms with Crippen molar-refractivity contribution >= 4 is 21.6 Å². The summed E-state index contributed by atoms with van der Waals surface area (Å²) in [4.78, 5) is 1.96. The van der Waals surface area contributed by atoms with Crippen LogP contribution in [0.25, 0.3) is 0 Å². The standard InChI is InChI=1S/C12H14BrF3N2/c13-10-3-9(12(14,15)16)4-11(5-10)18-2-1-8(6-17)7-18/h3-5,8H,1-2,6-7,17H2. The highest BCUT2D eigenvalue weighted by Gasteiger charge is 2.32. The molecule has 1 aromatic rings. The van der Waals surface area contributed by atoms with Gasteiger partial charge in [-0.15, -0.1) is 0 Å². The van der Waals surface area contributed by atoms with Crippen LogP contribution >= 0.6 is 15.9 Å². The van der Waals surface area contributed by atoms with Crippen LogP contribution in [0.3, 0.4) is 0 Å². The van der Waals surface area contributed by atoms with Gasteiger partial charge >= 0.3 is 6.18 Å². The SMILES string of the molecule is NCC1CCN(c2cc(Br)cc(C(F)(F)F)c2)C1. The van der Waals surface area contributed by atoms with Crippen LogP contribution in [0.2, 0.25) is 0 Å². The zero-order valence-electron chi connectivity index (χ0n) is 9.67. The Balaban J connectivity index is 2.26. The molecule has 1 aliphatic rings. The van der Waals surface area contributed by atoms with E-state index < -0.39 is 11.7 Å². The molecule has 0 bridgehead atoms. The van der Waals surface area contributed by atoms with Crippen LogP contribution in [0.5, 0.6) is 0 Å². The van der Waals surface area contributed by atoms with Gasteiger partial charge in [-0.1, -0.05) is 15.9 Å². The number of hydrogen-bond acceptors (Lipinski definition) is 2. The highest BCUT2D eigenvalue weighted by atomic mass is 79.9. The second-order valence-corrected chi connectivity index (χ2v) is 5.45. The maximum atomic E-state index is 12.7. The van der Waals surface area contributed by atoms with Crippen LogP contribution in [0, 0.1) is 5.92 Å². The molecule has 2 nitrogen and oxygen atoms in total. The number of halogens is 4. The monoisotopic (exact) mass is 322 g/mol. The predicted octanol–water partition coefficient (Wildman–Crippen LogP) is 3.25. The quantitative estimate of drug-likeness (QED) is 0.905. The smallest absolute Gasteiger partial charge is 0.371 e. The molecular weight excluding hydrogens is 309 g/mol. The summed E-state index contributed by atoms with van der Waals surface area (Å²) in [6.45, 7) is 2.07. The minimum absolute atomic E-state index is 0.373. The summed E-state index contributed by atoms with van der Waals surface area (Å²) >= 11 is 3.13. The van der Waals surface area contributed by atoms with Crippen LogP contribution in [-0.4, -0.2) is 19.6 Å². The topological polar surface area (TPSA) is 29.3 Å². The number of anilines is 1. The molecule has 1 unspecified atom stereocenters. The van der Waals surface area contributed by atoms with Crippen molar-refractivity contribution in [2.24, 2.45) is 11.7 Å². The molecule has 6 heteroatoms. The Kier molecular flexibility index (Phi) is 3.87. The first kappa shape index (κ1) is 13.7. The molecule has 18 heavy (non-hydrogen) atoms. The summed E-state index contributed by atoms with van der Waals surface area (Å²) in [6.07, 6.45) is -3.38. The Hall–Kier alpha value is -0.750. The lowest BCUT2D eigenvalue weighted by Gasteiger charge is -2.20. The zero-order chi connectivity index (χ0) is 13.3. The van der Waals surface area contributed by atoms with Crippen molar-refractivity contribution in [2.45, 2.75) is 12.6 Å². The van der Waals surface area contributed by atoms with Gasteiger partial charge in [0.15, 0.2) is 0 Å². The Bertz CT molecular complexity index is 434. The van der Waals surface area contributed by atoms with E-state index in [2.05, 4.69) is 15.9 Å². The molecule has 2 rings (SSSR count). The van der Waals surface area contributed by atoms with Crippen molar-refractivity contribution in [3.8, 4) is 0 Å². The van der Waals surface area contributed by atoms with Crippen LogP contribution in [0.15, 0.2) is 22.7 Å². The summed E-state index contributed by atoms with van der Waals surface area (Å²) in [5.74, 6) is 0.373. The molecule has 1 saturated heterocycles. The Labute approximate surface area is 112 Å². The molecule has 1 aromatic carbocycles. The van der Waals surface area contributed by atoms with Gasteiger partial charge < -0.3 is 10.6 Å². The minimum Gasteiger partial charge on any atom is -0.371 e. The molecule has 0 aromatic heterocycles. The van der Waals surface area contributed by atoms with E-state index in [4.69, 9.17) is 5.73 Å². The largest absolute Gasteiger partial charge is 0.416 e. The van der Waals surface area contributed by atoms with Gasteiger partial charge in [0.25, 0.3) is 0 Å². The lowest BCUT2D eigenvalue weighted by molar-refractivity contribution is -0.137. The number of nitrogens with zero attached hydrogens (tertiary/aromatic N) is 1. The van der Waals surface area contributed by atoms with E-state index in [0.717, 1.165) is 25.6 Å². The molecule has 1 atom stereocenters. The fourth-order valence-corrected chi connectivity index (χ4v) is 2.66. The molecule has 100 valence electrons. The Morgan fingerprint density at radius 3 is 2.61 bits per heavy atom. The second kappa shape index (κ2) is 5.09. The predicted molar refractivity (Wildman–Crippen MR) is 68.5 cm³/mol. The lowest BCUT2D eigenvalue weighted by Crippen LogP contribution is -2.23. The Morgan fingerprint density at radius 1 is 1.33 bits per heavy atom. The fraction of sp³-hybridized carbons (Fsp3) is 0.500. The highest BCUT2D eigenvalue weighted by molar-refractivity contribution is 9.10. The third-order valence-electron chi connectivity index (χ3n) is 3.19. The van der Waals surface area contributed by atoms with E-state index in [1.165, 1.54) is 6.07 Å². The third kappa shape index (κ3) is 2.98. The van der Waals surface area contributed by atoms with E-state index >= 15 is 0 Å². The second-order valence-electron chi connectivity index (χ2n) is 4.53. The van der Waals surface area contributed by atoms with Gasteiger partial charge in [0.2, 0.25) is 0 Å². The van der Waals surface area contributed by atoms with Gasteiger partial charge in [0, 0.05) is 23.2 Å². The van der Waals surface area contributed by atoms with Crippen molar-refractivity contribution in [1.82, 2.24) is 0 Å². The molecule has 1 aliphatic heterocycles. The fourth-order valence-electron chi connectivity index (χ4n) is 2.18. The van der Waals surface area contributed by atoms with Crippen molar-refractivity contribution in [3.63, 3.8) is 0 Å². The van der Waals surface area contributed by atoms with Crippen molar-refractivity contribution < 1.29 is 13.2 Å². The van der Waals surface area contributed by atoms with Crippen LogP contribution in [0.1, 0.15) is 12.0 Å². The summed E-state index contributed by atoms with van der Waals surface area (Å²) in [5, 5.41) is 0. The summed E-state index contributed by atoms with van der Waals surface area (Å²) in [7, 11) is 0. The molecule has 0 spiro atoms. The first-order valence-corrected chi connectivity index (χ1v) is 6.52. The van der Waals surface area contributed by atoms with Crippen molar-refractivity contribution in [3.05, 3.63) is 28.2 Å². The molecule has 2 N–H and O–H groups in total. The van der Waals surface area contributed by atoms with E-state index in [-0.39, 0.29) is 0 Å². The maximum Gasteiger partial charge on any atom is 0.416 e. The highest BCUT2D eigenvalue weighted by Crippen LogP contribution is 2.35. The minimum atomic E-state index is -4.31. The summed E-state index contributed by atoms with van der Waals surface area (Å²) in [5.41, 5.74) is 5.57. The van der Waals surface area contributed by atoms with E-state index in [1.807, 2.05) is 4.90 Å². The van der Waals surface area contributed by atoms with E-state index in [0.29, 0.717) is 22.6 Å². The first-order valence-electron chi connectivity index (χ1n) is 5.73. The number of benzene rings is 1. The summed E-state index contributed by atoms with van der Waals surface area (Å²) < 4.78 is 38.6. The average molecular weight is 323 g/mol. The molecule has 0 amide bonds. The number of alkyl halides is 3. The van der Waals surface area contributed by atoms with Gasteiger partial charge in [-0.25, -0.2) is 0 Å². The normalized spacial score (nSPS) is 20.5. The molecule has 0 aliphatic carbocycles. The van der Waals surface area contributed by atoms with Crippen molar-refractivity contribution in [1.29, 1.82) is 0 Å². The molecule has 0 saturated carbocycles. The van der Waals surface area contributed by atoms with E-state index in [1.54, 1.807) is 6.07 Å². The number of rotatable bonds is 2. The average Bonchev–Trinajstić information content (AvgIpc) is 2.75. The van der Waals surface area contributed by atoms with E-state index in [9.17, 15) is 13.2 Å². The third-order valence-corrected chi connectivity index (χ3v) is 3.65. The van der Waals surface area contributed by atoms with Crippen LogP contribution in [0.4, 0.5) is 18.9 Å². The molecule has 1 heterocycles. The molecule has 1 fully saturated rings. The van der Waals surface area contributed by atoms with Crippen LogP contribution < -0.4 is 10.6 Å². The molecular formula is C12H14BrF3N2. The summed E-state index contributed by atoms with van der Waals surface area (Å²) in [6, 6.07) is 4.01.